The lowest BCUT2D eigenvalue weighted by molar-refractivity contribution is -0.137. The average Bonchev–Trinajstić information content (AvgIpc) is 3.62. The van der Waals surface area contributed by atoms with E-state index in [4.69, 9.17) is 21.7 Å². The summed E-state index contributed by atoms with van der Waals surface area (Å²) in [6.07, 6.45) is 5.63. The van der Waals surface area contributed by atoms with E-state index in [1.807, 2.05) is 6.92 Å². The molecular formula is C26H32ClN7O3S2. The molecule has 3 aromatic rings. The SMILES string of the molecule is Cc1cc(-c2nc(NC(=O)c3cnc(N4CCN(CCC(=O)O)CC4)cn3)sc2CN2CCCC2C)sc1Cl. The fourth-order valence-corrected chi connectivity index (χ4v) is 7.19. The molecular weight excluding hydrogens is 558 g/mol. The lowest BCUT2D eigenvalue weighted by atomic mass is 10.2. The van der Waals surface area contributed by atoms with Crippen LogP contribution in [0.15, 0.2) is 18.5 Å². The van der Waals surface area contributed by atoms with E-state index in [2.05, 4.69) is 43.0 Å². The van der Waals surface area contributed by atoms with Crippen molar-refractivity contribution in [3.8, 4) is 10.6 Å². The van der Waals surface area contributed by atoms with Crippen LogP contribution in [0.3, 0.4) is 0 Å². The van der Waals surface area contributed by atoms with Gasteiger partial charge in [-0.1, -0.05) is 22.9 Å². The molecule has 5 rings (SSSR count). The van der Waals surface area contributed by atoms with Gasteiger partial charge in [-0.25, -0.2) is 15.0 Å². The summed E-state index contributed by atoms with van der Waals surface area (Å²) in [4.78, 5) is 46.3. The van der Waals surface area contributed by atoms with Gasteiger partial charge < -0.3 is 10.0 Å². The van der Waals surface area contributed by atoms with Gasteiger partial charge in [0.15, 0.2) is 5.13 Å². The molecule has 39 heavy (non-hydrogen) atoms. The Morgan fingerprint density at radius 2 is 1.95 bits per heavy atom. The number of carboxylic acid groups (broad SMARTS) is 1. The molecule has 0 spiro atoms. The van der Waals surface area contributed by atoms with E-state index >= 15 is 0 Å². The zero-order valence-electron chi connectivity index (χ0n) is 22.0. The molecule has 0 saturated carbocycles. The number of aryl methyl sites for hydroxylation is 1. The molecule has 208 valence electrons. The summed E-state index contributed by atoms with van der Waals surface area (Å²) in [6.45, 7) is 9.61. The van der Waals surface area contributed by atoms with Crippen LogP contribution in [0.25, 0.3) is 10.6 Å². The molecule has 5 heterocycles. The number of thiophene rings is 1. The van der Waals surface area contributed by atoms with Crippen LogP contribution in [-0.2, 0) is 11.3 Å². The minimum absolute atomic E-state index is 0.143. The highest BCUT2D eigenvalue weighted by atomic mass is 35.5. The van der Waals surface area contributed by atoms with Crippen molar-refractivity contribution in [3.05, 3.63) is 38.9 Å². The van der Waals surface area contributed by atoms with Crippen LogP contribution in [0.2, 0.25) is 4.34 Å². The number of carbonyl (C=O) groups excluding carboxylic acids is 1. The first kappa shape index (κ1) is 27.9. The summed E-state index contributed by atoms with van der Waals surface area (Å²) in [6, 6.07) is 2.58. The van der Waals surface area contributed by atoms with Crippen LogP contribution < -0.4 is 10.2 Å². The molecule has 0 radical (unpaired) electrons. The van der Waals surface area contributed by atoms with Gasteiger partial charge in [0.25, 0.3) is 5.91 Å². The first-order chi connectivity index (χ1) is 18.8. The van der Waals surface area contributed by atoms with Crippen LogP contribution in [-0.4, -0.2) is 87.0 Å². The largest absolute Gasteiger partial charge is 0.481 e. The van der Waals surface area contributed by atoms with Gasteiger partial charge in [-0.05, 0) is 44.9 Å². The predicted octanol–water partition coefficient (Wildman–Crippen LogP) is 4.46. The number of hydrogen-bond acceptors (Lipinski definition) is 10. The van der Waals surface area contributed by atoms with Crippen molar-refractivity contribution < 1.29 is 14.7 Å². The third-order valence-electron chi connectivity index (χ3n) is 7.25. The van der Waals surface area contributed by atoms with Crippen LogP contribution >= 0.6 is 34.3 Å². The second-order valence-electron chi connectivity index (χ2n) is 10.0. The quantitative estimate of drug-likeness (QED) is 0.373. The molecule has 0 bridgehead atoms. The Morgan fingerprint density at radius 3 is 2.56 bits per heavy atom. The molecule has 10 nitrogen and oxygen atoms in total. The van der Waals surface area contributed by atoms with E-state index in [0.717, 1.165) is 64.6 Å². The molecule has 0 aromatic carbocycles. The molecule has 2 aliphatic rings. The first-order valence-electron chi connectivity index (χ1n) is 13.1. The van der Waals surface area contributed by atoms with Crippen LogP contribution in [0.5, 0.6) is 0 Å². The molecule has 2 aliphatic heterocycles. The third-order valence-corrected chi connectivity index (χ3v) is 9.77. The van der Waals surface area contributed by atoms with Crippen molar-refractivity contribution in [1.82, 2.24) is 24.8 Å². The van der Waals surface area contributed by atoms with Gasteiger partial charge >= 0.3 is 5.97 Å². The number of anilines is 2. The van der Waals surface area contributed by atoms with Crippen molar-refractivity contribution in [2.45, 2.75) is 45.7 Å². The Balaban J connectivity index is 1.25. The summed E-state index contributed by atoms with van der Waals surface area (Å²) >= 11 is 9.37. The van der Waals surface area contributed by atoms with E-state index in [-0.39, 0.29) is 18.0 Å². The monoisotopic (exact) mass is 589 g/mol. The molecule has 1 amide bonds. The lowest BCUT2D eigenvalue weighted by Crippen LogP contribution is -2.47. The van der Waals surface area contributed by atoms with E-state index in [0.29, 0.717) is 23.5 Å². The number of halogens is 1. The zero-order chi connectivity index (χ0) is 27.5. The third kappa shape index (κ3) is 6.75. The Kier molecular flexibility index (Phi) is 8.77. The number of likely N-dealkylation sites (tertiary alicyclic amines) is 1. The van der Waals surface area contributed by atoms with Gasteiger partial charge in [-0.2, -0.15) is 0 Å². The van der Waals surface area contributed by atoms with Gasteiger partial charge in [-0.3, -0.25) is 24.7 Å². The first-order valence-corrected chi connectivity index (χ1v) is 15.1. The number of aliphatic carboxylic acids is 1. The summed E-state index contributed by atoms with van der Waals surface area (Å²) in [5.74, 6) is -0.434. The van der Waals surface area contributed by atoms with Crippen molar-refractivity contribution in [2.24, 2.45) is 0 Å². The minimum atomic E-state index is -0.783. The molecule has 1 unspecified atom stereocenters. The zero-order valence-corrected chi connectivity index (χ0v) is 24.4. The Morgan fingerprint density at radius 1 is 1.15 bits per heavy atom. The Bertz CT molecular complexity index is 1300. The van der Waals surface area contributed by atoms with Crippen molar-refractivity contribution in [3.63, 3.8) is 0 Å². The van der Waals surface area contributed by atoms with Crippen LogP contribution in [0.4, 0.5) is 10.9 Å². The number of rotatable bonds is 9. The maximum absolute atomic E-state index is 13.0. The van der Waals surface area contributed by atoms with Crippen LogP contribution in [0.1, 0.15) is 47.1 Å². The second-order valence-corrected chi connectivity index (χ2v) is 12.7. The standard InChI is InChI=1S/C26H32ClN7O3S2/c1-16-12-19(38-24(16)27)23-20(15-34-6-3-4-17(34)2)39-26(30-23)31-25(37)18-13-29-21(14-28-18)33-10-8-32(9-11-33)7-5-22(35)36/h12-14,17H,3-11,15H2,1-2H3,(H,35,36)(H,30,31,37). The van der Waals surface area contributed by atoms with E-state index in [9.17, 15) is 9.59 Å². The average molecular weight is 590 g/mol. The Hall–Kier alpha value is -2.64. The number of carbonyl (C=O) groups is 2. The van der Waals surface area contributed by atoms with Gasteiger partial charge in [-0.15, -0.1) is 11.3 Å². The van der Waals surface area contributed by atoms with E-state index in [1.165, 1.54) is 41.7 Å². The minimum Gasteiger partial charge on any atom is -0.481 e. The predicted molar refractivity (Wildman–Crippen MR) is 155 cm³/mol. The van der Waals surface area contributed by atoms with E-state index < -0.39 is 5.97 Å². The topological polar surface area (TPSA) is 115 Å². The number of carboxylic acids is 1. The van der Waals surface area contributed by atoms with Crippen molar-refractivity contribution in [2.75, 3.05) is 49.5 Å². The molecule has 3 aromatic heterocycles. The van der Waals surface area contributed by atoms with Gasteiger partial charge in [0.05, 0.1) is 33.7 Å². The maximum atomic E-state index is 13.0. The summed E-state index contributed by atoms with van der Waals surface area (Å²) in [5.41, 5.74) is 2.12. The summed E-state index contributed by atoms with van der Waals surface area (Å²) < 4.78 is 0.751. The fourth-order valence-electron chi connectivity index (χ4n) is 4.91. The number of nitrogens with one attached hydrogen (secondary N) is 1. The highest BCUT2D eigenvalue weighted by Crippen LogP contribution is 2.40. The highest BCUT2D eigenvalue weighted by Gasteiger charge is 2.25. The number of thiazole rings is 1. The van der Waals surface area contributed by atoms with Crippen molar-refractivity contribution >= 4 is 57.1 Å². The molecule has 2 saturated heterocycles. The van der Waals surface area contributed by atoms with Gasteiger partial charge in [0, 0.05) is 50.2 Å². The molecule has 2 N–H and O–H groups in total. The van der Waals surface area contributed by atoms with Crippen LogP contribution in [0, 0.1) is 6.92 Å². The maximum Gasteiger partial charge on any atom is 0.304 e. The van der Waals surface area contributed by atoms with E-state index in [1.54, 1.807) is 6.20 Å². The summed E-state index contributed by atoms with van der Waals surface area (Å²) in [5, 5.41) is 12.3. The van der Waals surface area contributed by atoms with Gasteiger partial charge in [0.1, 0.15) is 11.5 Å². The molecule has 2 fully saturated rings. The number of piperazine rings is 1. The number of amides is 1. The second kappa shape index (κ2) is 12.3. The number of nitrogens with zero attached hydrogens (tertiary/aromatic N) is 6. The molecule has 1 atom stereocenters. The summed E-state index contributed by atoms with van der Waals surface area (Å²) in [7, 11) is 0. The smallest absolute Gasteiger partial charge is 0.304 e. The highest BCUT2D eigenvalue weighted by molar-refractivity contribution is 7.20. The molecule has 0 aliphatic carbocycles. The fraction of sp³-hybridized carbons (Fsp3) is 0.500. The van der Waals surface area contributed by atoms with Crippen molar-refractivity contribution in [1.29, 1.82) is 0 Å². The number of aromatic nitrogens is 3. The van der Waals surface area contributed by atoms with Gasteiger partial charge in [0.2, 0.25) is 0 Å². The Labute approximate surface area is 240 Å². The number of hydrogen-bond donors (Lipinski definition) is 2. The lowest BCUT2D eigenvalue weighted by Gasteiger charge is -2.34. The normalized spacial score (nSPS) is 18.5. The molecule has 13 heteroatoms.